The molecule has 2 aromatic carbocycles. The molecule has 1 N–H and O–H groups in total. The summed E-state index contributed by atoms with van der Waals surface area (Å²) in [5, 5.41) is 3.22. The third-order valence-corrected chi connectivity index (χ3v) is 5.59. The van der Waals surface area contributed by atoms with E-state index in [0.717, 1.165) is 23.5 Å². The van der Waals surface area contributed by atoms with Crippen molar-refractivity contribution in [3.63, 3.8) is 0 Å². The lowest BCUT2D eigenvalue weighted by Crippen LogP contribution is -2.25. The molecular formula is C26H28N6O2. The predicted molar refractivity (Wildman–Crippen MR) is 135 cm³/mol. The molecular weight excluding hydrogens is 428 g/mol. The average molecular weight is 457 g/mol. The van der Waals surface area contributed by atoms with Gasteiger partial charge in [-0.3, -0.25) is 9.59 Å². The molecule has 0 saturated heterocycles. The molecule has 0 bridgehead atoms. The number of carbonyl (C=O) groups excluding carboxylic acids is 2. The van der Waals surface area contributed by atoms with E-state index in [1.54, 1.807) is 24.2 Å². The molecule has 8 nitrogen and oxygen atoms in total. The van der Waals surface area contributed by atoms with Gasteiger partial charge in [0.05, 0.1) is 17.4 Å². The molecule has 0 unspecified atom stereocenters. The number of ketones is 1. The van der Waals surface area contributed by atoms with Crippen molar-refractivity contribution in [1.29, 1.82) is 0 Å². The number of para-hydroxylation sites is 1. The van der Waals surface area contributed by atoms with Gasteiger partial charge in [0, 0.05) is 32.7 Å². The number of likely N-dealkylation sites (N-methyl/N-ethyl adjacent to an activating group) is 1. The van der Waals surface area contributed by atoms with Gasteiger partial charge in [0.25, 0.3) is 5.91 Å². The molecule has 0 spiro atoms. The fourth-order valence-corrected chi connectivity index (χ4v) is 3.75. The summed E-state index contributed by atoms with van der Waals surface area (Å²) in [6, 6.07) is 15.1. The van der Waals surface area contributed by atoms with Gasteiger partial charge in [-0.15, -0.1) is 0 Å². The summed E-state index contributed by atoms with van der Waals surface area (Å²) < 4.78 is 0. The van der Waals surface area contributed by atoms with E-state index in [-0.39, 0.29) is 11.7 Å². The van der Waals surface area contributed by atoms with Crippen LogP contribution in [0.25, 0.3) is 0 Å². The minimum Gasteiger partial charge on any atom is -0.327 e. The number of benzene rings is 2. The Bertz CT molecular complexity index is 1240. The van der Waals surface area contributed by atoms with Crippen molar-refractivity contribution in [2.24, 2.45) is 0 Å². The van der Waals surface area contributed by atoms with E-state index in [1.165, 1.54) is 0 Å². The molecule has 2 heterocycles. The molecule has 0 radical (unpaired) electrons. The van der Waals surface area contributed by atoms with Crippen molar-refractivity contribution in [2.45, 2.75) is 6.42 Å². The molecule has 174 valence electrons. The number of rotatable bonds is 7. The van der Waals surface area contributed by atoms with Crippen LogP contribution in [-0.2, 0) is 11.2 Å². The van der Waals surface area contributed by atoms with E-state index in [2.05, 4.69) is 10.3 Å². The monoisotopic (exact) mass is 456 g/mol. The number of amides is 1. The Morgan fingerprint density at radius 2 is 1.76 bits per heavy atom. The molecule has 4 rings (SSSR count). The molecule has 0 fully saturated rings. The second kappa shape index (κ2) is 9.84. The zero-order valence-corrected chi connectivity index (χ0v) is 19.8. The van der Waals surface area contributed by atoms with Crippen molar-refractivity contribution in [1.82, 2.24) is 14.9 Å². The van der Waals surface area contributed by atoms with Crippen LogP contribution in [0, 0.1) is 0 Å². The molecule has 34 heavy (non-hydrogen) atoms. The first-order chi connectivity index (χ1) is 16.3. The van der Waals surface area contributed by atoms with E-state index in [0.29, 0.717) is 29.4 Å². The van der Waals surface area contributed by atoms with Gasteiger partial charge in [-0.1, -0.05) is 30.3 Å². The normalized spacial score (nSPS) is 13.1. The molecule has 1 aromatic heterocycles. The first-order valence-electron chi connectivity index (χ1n) is 11.0. The van der Waals surface area contributed by atoms with E-state index in [9.17, 15) is 9.59 Å². The molecule has 1 aliphatic heterocycles. The molecule has 0 aliphatic carbocycles. The minimum atomic E-state index is -0.104. The van der Waals surface area contributed by atoms with Gasteiger partial charge < -0.3 is 20.0 Å². The molecule has 3 aromatic rings. The van der Waals surface area contributed by atoms with Crippen LogP contribution in [0.15, 0.2) is 66.9 Å². The van der Waals surface area contributed by atoms with Gasteiger partial charge >= 0.3 is 0 Å². The third-order valence-electron chi connectivity index (χ3n) is 5.59. The van der Waals surface area contributed by atoms with E-state index < -0.39 is 0 Å². The van der Waals surface area contributed by atoms with Gasteiger partial charge in [-0.2, -0.15) is 4.98 Å². The summed E-state index contributed by atoms with van der Waals surface area (Å²) in [4.78, 5) is 39.6. The summed E-state index contributed by atoms with van der Waals surface area (Å²) in [5.41, 5.74) is 3.77. The lowest BCUT2D eigenvalue weighted by atomic mass is 10.1. The maximum absolute atomic E-state index is 12.9. The van der Waals surface area contributed by atoms with Crippen molar-refractivity contribution in [2.75, 3.05) is 49.9 Å². The first kappa shape index (κ1) is 23.1. The summed E-state index contributed by atoms with van der Waals surface area (Å²) in [5.74, 6) is 1.01. The first-order valence-corrected chi connectivity index (χ1v) is 11.0. The van der Waals surface area contributed by atoms with Crippen LogP contribution in [-0.4, -0.2) is 61.3 Å². The molecule has 8 heteroatoms. The van der Waals surface area contributed by atoms with Crippen LogP contribution < -0.4 is 15.1 Å². The number of nitrogens with one attached hydrogen (secondary N) is 1. The Morgan fingerprint density at radius 3 is 2.50 bits per heavy atom. The zero-order valence-electron chi connectivity index (χ0n) is 19.8. The Hall–Kier alpha value is -4.04. The predicted octanol–water partition coefficient (Wildman–Crippen LogP) is 3.81. The summed E-state index contributed by atoms with van der Waals surface area (Å²) in [7, 11) is 7.54. The number of nitrogens with zero attached hydrogens (tertiary/aromatic N) is 5. The highest BCUT2D eigenvalue weighted by atomic mass is 16.2. The van der Waals surface area contributed by atoms with E-state index in [1.807, 2.05) is 85.5 Å². The fraction of sp³-hybridized carbons (Fsp3) is 0.231. The molecule has 1 aliphatic rings. The SMILES string of the molecule is CN(C)C/C=C/C(=O)Cc1ccc(Nc2ncc3c(n2)N(C)c2ccccc2C(=O)N3C)cc1. The number of allylic oxidation sites excluding steroid dienone is 1. The number of carbonyl (C=O) groups is 2. The Labute approximate surface area is 199 Å². The molecule has 1 amide bonds. The van der Waals surface area contributed by atoms with Crippen LogP contribution in [0.5, 0.6) is 0 Å². The van der Waals surface area contributed by atoms with Crippen molar-refractivity contribution in [3.05, 3.63) is 78.0 Å². The Morgan fingerprint density at radius 1 is 1.03 bits per heavy atom. The van der Waals surface area contributed by atoms with Crippen LogP contribution >= 0.6 is 0 Å². The minimum absolute atomic E-state index is 0.0682. The average Bonchev–Trinajstić information content (AvgIpc) is 2.90. The number of aromatic nitrogens is 2. The highest BCUT2D eigenvalue weighted by molar-refractivity contribution is 6.13. The van der Waals surface area contributed by atoms with Gasteiger partial charge in [0.1, 0.15) is 5.69 Å². The van der Waals surface area contributed by atoms with Crippen LogP contribution in [0.1, 0.15) is 15.9 Å². The van der Waals surface area contributed by atoms with Crippen LogP contribution in [0.4, 0.5) is 28.8 Å². The number of hydrogen-bond acceptors (Lipinski definition) is 7. The Kier molecular flexibility index (Phi) is 6.70. The maximum atomic E-state index is 12.9. The van der Waals surface area contributed by atoms with Gasteiger partial charge in [-0.25, -0.2) is 4.98 Å². The Balaban J connectivity index is 1.51. The fourth-order valence-electron chi connectivity index (χ4n) is 3.75. The van der Waals surface area contributed by atoms with Gasteiger partial charge in [-0.05, 0) is 50.0 Å². The molecule has 0 atom stereocenters. The van der Waals surface area contributed by atoms with Gasteiger partial charge in [0.15, 0.2) is 11.6 Å². The van der Waals surface area contributed by atoms with Crippen LogP contribution in [0.2, 0.25) is 0 Å². The highest BCUT2D eigenvalue weighted by Crippen LogP contribution is 2.37. The quantitative estimate of drug-likeness (QED) is 0.542. The number of anilines is 5. The lowest BCUT2D eigenvalue weighted by Gasteiger charge is -2.21. The third kappa shape index (κ3) is 4.97. The smallest absolute Gasteiger partial charge is 0.260 e. The van der Waals surface area contributed by atoms with Gasteiger partial charge in [0.2, 0.25) is 5.95 Å². The standard InChI is InChI=1S/C26H28N6O2/c1-30(2)15-7-8-20(33)16-18-11-13-19(14-12-18)28-26-27-17-23-24(29-26)31(3)22-10-6-5-9-21(22)25(34)32(23)4/h5-14,17H,15-16H2,1-4H3,(H,27,28,29)/b8-7+. The van der Waals surface area contributed by atoms with Crippen molar-refractivity contribution in [3.8, 4) is 0 Å². The summed E-state index contributed by atoms with van der Waals surface area (Å²) in [6.45, 7) is 0.736. The number of fused-ring (bicyclic) bond motifs is 2. The lowest BCUT2D eigenvalue weighted by molar-refractivity contribution is -0.114. The van der Waals surface area contributed by atoms with Crippen molar-refractivity contribution < 1.29 is 9.59 Å². The second-order valence-corrected chi connectivity index (χ2v) is 8.47. The summed E-state index contributed by atoms with van der Waals surface area (Å²) in [6.07, 6.45) is 5.50. The second-order valence-electron chi connectivity index (χ2n) is 8.47. The summed E-state index contributed by atoms with van der Waals surface area (Å²) >= 11 is 0. The molecule has 0 saturated carbocycles. The largest absolute Gasteiger partial charge is 0.327 e. The zero-order chi connectivity index (χ0) is 24.2. The van der Waals surface area contributed by atoms with Crippen LogP contribution in [0.3, 0.4) is 0 Å². The van der Waals surface area contributed by atoms with E-state index in [4.69, 9.17) is 4.98 Å². The maximum Gasteiger partial charge on any atom is 0.260 e. The topological polar surface area (TPSA) is 81.7 Å². The van der Waals surface area contributed by atoms with Crippen molar-refractivity contribution >= 4 is 40.5 Å². The highest BCUT2D eigenvalue weighted by Gasteiger charge is 2.28. The van der Waals surface area contributed by atoms with E-state index >= 15 is 0 Å². The number of hydrogen-bond donors (Lipinski definition) is 1.